The Morgan fingerprint density at radius 1 is 1.00 bits per heavy atom. The average Bonchev–Trinajstić information content (AvgIpc) is 3.87. The summed E-state index contributed by atoms with van der Waals surface area (Å²) in [5, 5.41) is 20.9. The molecule has 0 radical (unpaired) electrons. The van der Waals surface area contributed by atoms with Crippen LogP contribution in [0, 0.1) is 29.1 Å². The zero-order valence-corrected chi connectivity index (χ0v) is 48.9. The van der Waals surface area contributed by atoms with E-state index in [1.165, 1.54) is 13.2 Å². The lowest BCUT2D eigenvalue weighted by atomic mass is 9.77. The van der Waals surface area contributed by atoms with E-state index in [1.807, 2.05) is 45.2 Å². The second-order valence-electron chi connectivity index (χ2n) is 22.3. The standard InChI is InChI=1S/C60H89ClN8O9/c1-13-39(6)60(14-2,15-3)66-48(21-16-17-31-62)56(73)65-54(71)23-18-20-46-36-69(68-67-46)35-43-25-28-45(29-26-43)41(8)40(7)42(9)50-22-19-24-53(70)64-49(34-44-27-30-51(76-12)47(61)33-44)55(72)63-37-59(10,11)58(75)78-52(32-38(4)5)57(74)77-50/h13,19,24-30,33,36,38-42,48-50,52,66H,1,14-18,20-23,31-32,34-35,37,62H2,2-12H3,(H,63,72)(H,64,70)(H,65,71,73)/b24-19+/t39?,40-,41?,42+,48-,49+,50-,52-/m0/s1. The molecule has 4 rings (SSSR count). The molecule has 4 amide bonds. The van der Waals surface area contributed by atoms with E-state index in [-0.39, 0.29) is 79.2 Å². The molecule has 8 atom stereocenters. The molecule has 0 spiro atoms. The SMILES string of the molecule is C=CC(C)C(CC)(CC)N[C@@H](CCCCN)C(=O)NC(=O)CCCc1cn(Cc2ccc(C(C)[C@H](C)[C@@H](C)[C@@H]3C/C=C/C(=O)N[C@H](Cc4ccc(OC)c(Cl)c4)C(=O)NCC(C)(C)C(=O)O[C@@H](CC(C)C)C(=O)O3)cc2)nn1. The molecule has 18 heteroatoms. The number of benzene rings is 2. The molecule has 2 heterocycles. The summed E-state index contributed by atoms with van der Waals surface area (Å²) in [6, 6.07) is 11.8. The molecule has 1 aliphatic heterocycles. The van der Waals surface area contributed by atoms with E-state index in [0.717, 1.165) is 42.5 Å². The van der Waals surface area contributed by atoms with E-state index >= 15 is 0 Å². The molecule has 0 bridgehead atoms. The number of rotatable bonds is 26. The fraction of sp³-hybridized carbons (Fsp3) is 0.600. The third-order valence-corrected chi connectivity index (χ3v) is 15.9. The Labute approximate surface area is 468 Å². The minimum Gasteiger partial charge on any atom is -0.495 e. The lowest BCUT2D eigenvalue weighted by Crippen LogP contribution is -2.58. The number of nitrogens with zero attached hydrogens (tertiary/aromatic N) is 3. The Morgan fingerprint density at radius 2 is 1.69 bits per heavy atom. The topological polar surface area (TPSA) is 235 Å². The molecule has 3 aromatic rings. The van der Waals surface area contributed by atoms with Crippen LogP contribution in [0.2, 0.25) is 5.02 Å². The van der Waals surface area contributed by atoms with Crippen molar-refractivity contribution in [2.75, 3.05) is 20.2 Å². The first-order valence-corrected chi connectivity index (χ1v) is 28.3. The zero-order chi connectivity index (χ0) is 57.7. The first kappa shape index (κ1) is 64.6. The van der Waals surface area contributed by atoms with E-state index < -0.39 is 53.5 Å². The third kappa shape index (κ3) is 19.2. The van der Waals surface area contributed by atoms with Crippen molar-refractivity contribution in [3.05, 3.63) is 101 Å². The minimum absolute atomic E-state index is 0.00201. The Kier molecular flexibility index (Phi) is 25.7. The number of esters is 2. The summed E-state index contributed by atoms with van der Waals surface area (Å²) in [5.74, 6) is -2.75. The minimum atomic E-state index is -1.24. The number of imide groups is 1. The van der Waals surface area contributed by atoms with Crippen LogP contribution in [0.1, 0.15) is 155 Å². The average molecular weight is 1100 g/mol. The molecule has 78 heavy (non-hydrogen) atoms. The van der Waals surface area contributed by atoms with Gasteiger partial charge in [-0.15, -0.1) is 11.7 Å². The largest absolute Gasteiger partial charge is 0.495 e. The summed E-state index contributed by atoms with van der Waals surface area (Å²) in [6.45, 7) is 24.5. The molecule has 17 nitrogen and oxygen atoms in total. The van der Waals surface area contributed by atoms with Gasteiger partial charge in [0.05, 0.1) is 35.8 Å². The van der Waals surface area contributed by atoms with Crippen molar-refractivity contribution in [2.24, 2.45) is 34.8 Å². The monoisotopic (exact) mass is 1100 g/mol. The highest BCUT2D eigenvalue weighted by atomic mass is 35.5. The number of aryl methyl sites for hydroxylation is 1. The highest BCUT2D eigenvalue weighted by Crippen LogP contribution is 2.35. The van der Waals surface area contributed by atoms with Crippen molar-refractivity contribution in [3.8, 4) is 5.75 Å². The molecule has 0 saturated carbocycles. The van der Waals surface area contributed by atoms with E-state index in [9.17, 15) is 28.8 Å². The Bertz CT molecular complexity index is 2490. The summed E-state index contributed by atoms with van der Waals surface area (Å²) in [4.78, 5) is 81.6. The molecule has 1 aromatic heterocycles. The first-order valence-electron chi connectivity index (χ1n) is 27.9. The maximum atomic E-state index is 14.1. The highest BCUT2D eigenvalue weighted by Gasteiger charge is 2.39. The number of hydrogen-bond donors (Lipinski definition) is 5. The van der Waals surface area contributed by atoms with Gasteiger partial charge in [0.1, 0.15) is 17.9 Å². The molecule has 0 saturated heterocycles. The lowest BCUT2D eigenvalue weighted by Gasteiger charge is -2.40. The van der Waals surface area contributed by atoms with Gasteiger partial charge in [-0.3, -0.25) is 34.6 Å². The summed E-state index contributed by atoms with van der Waals surface area (Å²) in [5.41, 5.74) is 7.68. The number of cyclic esters (lactones) is 2. The van der Waals surface area contributed by atoms with Crippen LogP contribution in [0.3, 0.4) is 0 Å². The van der Waals surface area contributed by atoms with Crippen molar-refractivity contribution in [1.29, 1.82) is 0 Å². The zero-order valence-electron chi connectivity index (χ0n) is 48.1. The van der Waals surface area contributed by atoms with Gasteiger partial charge in [0.15, 0.2) is 6.10 Å². The highest BCUT2D eigenvalue weighted by molar-refractivity contribution is 6.32. The maximum absolute atomic E-state index is 14.1. The third-order valence-electron chi connectivity index (χ3n) is 15.6. The first-order chi connectivity index (χ1) is 37.0. The molecule has 1 aliphatic rings. The van der Waals surface area contributed by atoms with Crippen LogP contribution in [0.4, 0.5) is 0 Å². The summed E-state index contributed by atoms with van der Waals surface area (Å²) >= 11 is 6.40. The van der Waals surface area contributed by atoms with Gasteiger partial charge in [-0.1, -0.05) is 121 Å². The molecule has 2 unspecified atom stereocenters. The molecular formula is C60H89ClN8O9. The van der Waals surface area contributed by atoms with E-state index in [2.05, 4.69) is 84.9 Å². The number of hydrogen-bond acceptors (Lipinski definition) is 13. The summed E-state index contributed by atoms with van der Waals surface area (Å²) < 4.78 is 19.2. The normalized spacial score (nSPS) is 20.0. The number of aromatic nitrogens is 3. The number of amides is 4. The number of unbranched alkanes of at least 4 members (excludes halogenated alkanes) is 1. The molecule has 0 fully saturated rings. The van der Waals surface area contributed by atoms with Crippen LogP contribution in [0.15, 0.2) is 73.5 Å². The maximum Gasteiger partial charge on any atom is 0.347 e. The van der Waals surface area contributed by atoms with Gasteiger partial charge in [-0.25, -0.2) is 9.48 Å². The molecule has 0 aliphatic carbocycles. The summed E-state index contributed by atoms with van der Waals surface area (Å²) in [6.07, 6.45) is 10.3. The van der Waals surface area contributed by atoms with Gasteiger partial charge >= 0.3 is 11.9 Å². The molecule has 6 N–H and O–H groups in total. The van der Waals surface area contributed by atoms with Crippen molar-refractivity contribution in [2.45, 2.75) is 182 Å². The van der Waals surface area contributed by atoms with E-state index in [1.54, 1.807) is 42.8 Å². The number of nitrogens with two attached hydrogens (primary N) is 1. The van der Waals surface area contributed by atoms with Crippen molar-refractivity contribution in [1.82, 2.24) is 36.3 Å². The van der Waals surface area contributed by atoms with Gasteiger partial charge in [-0.2, -0.15) is 0 Å². The Hall–Kier alpha value is -5.91. The van der Waals surface area contributed by atoms with Gasteiger partial charge in [0, 0.05) is 37.5 Å². The van der Waals surface area contributed by atoms with Gasteiger partial charge < -0.3 is 30.6 Å². The van der Waals surface area contributed by atoms with E-state index in [0.29, 0.717) is 48.7 Å². The number of halogens is 1. The smallest absolute Gasteiger partial charge is 0.347 e. The number of methoxy groups -OCH3 is 1. The van der Waals surface area contributed by atoms with Crippen LogP contribution < -0.4 is 31.7 Å². The van der Waals surface area contributed by atoms with Crippen molar-refractivity contribution in [3.63, 3.8) is 0 Å². The van der Waals surface area contributed by atoms with Crippen LogP contribution in [0.25, 0.3) is 0 Å². The molecule has 430 valence electrons. The quantitative estimate of drug-likeness (QED) is 0.0289. The Morgan fingerprint density at radius 3 is 2.32 bits per heavy atom. The van der Waals surface area contributed by atoms with Crippen LogP contribution >= 0.6 is 11.6 Å². The van der Waals surface area contributed by atoms with Crippen LogP contribution in [-0.2, 0) is 57.6 Å². The second-order valence-corrected chi connectivity index (χ2v) is 22.7. The lowest BCUT2D eigenvalue weighted by molar-refractivity contribution is -0.179. The predicted molar refractivity (Wildman–Crippen MR) is 304 cm³/mol. The van der Waals surface area contributed by atoms with Gasteiger partial charge in [0.2, 0.25) is 23.6 Å². The van der Waals surface area contributed by atoms with Crippen molar-refractivity contribution >= 4 is 47.2 Å². The number of carbonyl (C=O) groups is 6. The van der Waals surface area contributed by atoms with Crippen LogP contribution in [-0.4, -0.2) is 101 Å². The van der Waals surface area contributed by atoms with Gasteiger partial charge in [-0.05, 0) is 130 Å². The fourth-order valence-electron chi connectivity index (χ4n) is 9.84. The van der Waals surface area contributed by atoms with Gasteiger partial charge in [0.25, 0.3) is 0 Å². The van der Waals surface area contributed by atoms with Crippen molar-refractivity contribution < 1.29 is 43.0 Å². The summed E-state index contributed by atoms with van der Waals surface area (Å²) in [7, 11) is 1.50. The molecular weight excluding hydrogens is 1010 g/mol. The Balaban J connectivity index is 1.43. The van der Waals surface area contributed by atoms with E-state index in [4.69, 9.17) is 31.5 Å². The van der Waals surface area contributed by atoms with Crippen LogP contribution in [0.5, 0.6) is 5.75 Å². The molecule has 2 aromatic carbocycles. The number of nitrogens with one attached hydrogen (secondary N) is 4. The second kappa shape index (κ2) is 31.0. The predicted octanol–water partition coefficient (Wildman–Crippen LogP) is 8.50. The number of ether oxygens (including phenoxy) is 3. The number of carbonyl (C=O) groups excluding carboxylic acids is 6. The fourth-order valence-corrected chi connectivity index (χ4v) is 10.1.